The van der Waals surface area contributed by atoms with Gasteiger partial charge in [-0.15, -0.1) is 0 Å². The summed E-state index contributed by atoms with van der Waals surface area (Å²) in [5, 5.41) is 16.2. The Kier molecular flexibility index (Phi) is 11.8. The minimum Gasteiger partial charge on any atom is -0.480 e. The second-order valence-corrected chi connectivity index (χ2v) is 7.47. The fraction of sp³-hybridized carbons (Fsp3) is 0.667. The van der Waals surface area contributed by atoms with Gasteiger partial charge in [-0.25, -0.2) is 4.79 Å². The molecule has 0 aliphatic carbocycles. The molecule has 0 saturated carbocycles. The average molecular weight is 444 g/mol. The van der Waals surface area contributed by atoms with Crippen molar-refractivity contribution in [2.24, 2.45) is 23.1 Å². The van der Waals surface area contributed by atoms with Crippen LogP contribution >= 0.6 is 0 Å². The van der Waals surface area contributed by atoms with Gasteiger partial charge in [0.25, 0.3) is 0 Å². The summed E-state index contributed by atoms with van der Waals surface area (Å²) in [6, 6.07) is -4.65. The predicted molar refractivity (Wildman–Crippen MR) is 109 cm³/mol. The Morgan fingerprint density at radius 1 is 0.742 bits per heavy atom. The van der Waals surface area contributed by atoms with Gasteiger partial charge in [0.1, 0.15) is 18.1 Å². The third-order valence-electron chi connectivity index (χ3n) is 4.38. The monoisotopic (exact) mass is 444 g/mol. The van der Waals surface area contributed by atoms with Gasteiger partial charge >= 0.3 is 5.97 Å². The van der Waals surface area contributed by atoms with Crippen molar-refractivity contribution in [2.45, 2.75) is 70.6 Å². The SMILES string of the molecule is CC(NC(=O)C(N)C(C)C)C(=O)NC(CCC(N)=O)C(=O)NC(CCC(N)=O)C(=O)O. The summed E-state index contributed by atoms with van der Waals surface area (Å²) in [6.45, 7) is 4.84. The number of carboxylic acid groups (broad SMARTS) is 1. The Balaban J connectivity index is 5.22. The van der Waals surface area contributed by atoms with Gasteiger partial charge in [-0.1, -0.05) is 13.8 Å². The molecule has 176 valence electrons. The van der Waals surface area contributed by atoms with E-state index in [-0.39, 0.29) is 31.6 Å². The molecule has 0 aromatic rings. The first kappa shape index (κ1) is 27.8. The summed E-state index contributed by atoms with van der Waals surface area (Å²) in [7, 11) is 0. The summed E-state index contributed by atoms with van der Waals surface area (Å²) in [5.74, 6) is -5.27. The summed E-state index contributed by atoms with van der Waals surface area (Å²) in [6.07, 6.45) is -1.02. The van der Waals surface area contributed by atoms with Gasteiger partial charge in [0, 0.05) is 12.8 Å². The Bertz CT molecular complexity index is 697. The Hall–Kier alpha value is -3.22. The first-order valence-corrected chi connectivity index (χ1v) is 9.72. The molecule has 0 aliphatic rings. The van der Waals surface area contributed by atoms with Crippen molar-refractivity contribution in [3.63, 3.8) is 0 Å². The van der Waals surface area contributed by atoms with Crippen molar-refractivity contribution in [2.75, 3.05) is 0 Å². The maximum atomic E-state index is 12.5. The lowest BCUT2D eigenvalue weighted by Crippen LogP contribution is -2.56. The van der Waals surface area contributed by atoms with Crippen LogP contribution in [0.3, 0.4) is 0 Å². The second-order valence-electron chi connectivity index (χ2n) is 7.47. The highest BCUT2D eigenvalue weighted by Gasteiger charge is 2.29. The van der Waals surface area contributed by atoms with Crippen LogP contribution in [0.2, 0.25) is 0 Å². The molecule has 31 heavy (non-hydrogen) atoms. The molecule has 0 rings (SSSR count). The van der Waals surface area contributed by atoms with Crippen molar-refractivity contribution in [1.82, 2.24) is 16.0 Å². The van der Waals surface area contributed by atoms with E-state index >= 15 is 0 Å². The third kappa shape index (κ3) is 10.9. The summed E-state index contributed by atoms with van der Waals surface area (Å²) in [4.78, 5) is 70.3. The molecule has 0 bridgehead atoms. The van der Waals surface area contributed by atoms with E-state index in [1.54, 1.807) is 13.8 Å². The predicted octanol–water partition coefficient (Wildman–Crippen LogP) is -2.94. The molecule has 4 unspecified atom stereocenters. The molecule has 4 atom stereocenters. The molecule has 5 amide bonds. The number of carboxylic acids is 1. The molecule has 13 nitrogen and oxygen atoms in total. The van der Waals surface area contributed by atoms with Crippen LogP contribution in [0.5, 0.6) is 0 Å². The Labute approximate surface area is 179 Å². The van der Waals surface area contributed by atoms with Gasteiger partial charge in [-0.2, -0.15) is 0 Å². The Morgan fingerprint density at radius 3 is 1.61 bits per heavy atom. The number of nitrogens with two attached hydrogens (primary N) is 3. The molecule has 0 aromatic carbocycles. The van der Waals surface area contributed by atoms with Gasteiger partial charge < -0.3 is 38.3 Å². The van der Waals surface area contributed by atoms with Crippen molar-refractivity contribution in [3.05, 3.63) is 0 Å². The number of aliphatic carboxylic acids is 1. The zero-order chi connectivity index (χ0) is 24.3. The van der Waals surface area contributed by atoms with E-state index in [2.05, 4.69) is 16.0 Å². The lowest BCUT2D eigenvalue weighted by Gasteiger charge is -2.24. The molecule has 0 aliphatic heterocycles. The summed E-state index contributed by atoms with van der Waals surface area (Å²) in [5.41, 5.74) is 15.8. The highest BCUT2D eigenvalue weighted by molar-refractivity contribution is 5.94. The number of rotatable bonds is 14. The Morgan fingerprint density at radius 2 is 1.19 bits per heavy atom. The van der Waals surface area contributed by atoms with E-state index < -0.39 is 59.7 Å². The number of amides is 5. The number of nitrogens with one attached hydrogen (secondary N) is 3. The molecule has 0 saturated heterocycles. The topological polar surface area (TPSA) is 237 Å². The van der Waals surface area contributed by atoms with Gasteiger partial charge in [-0.3, -0.25) is 24.0 Å². The van der Waals surface area contributed by atoms with Gasteiger partial charge in [0.2, 0.25) is 29.5 Å². The fourth-order valence-corrected chi connectivity index (χ4v) is 2.35. The number of hydrogen-bond donors (Lipinski definition) is 7. The van der Waals surface area contributed by atoms with Crippen LogP contribution in [0.1, 0.15) is 46.5 Å². The van der Waals surface area contributed by atoms with Crippen molar-refractivity contribution in [3.8, 4) is 0 Å². The number of primary amides is 2. The lowest BCUT2D eigenvalue weighted by molar-refractivity contribution is -0.142. The first-order valence-electron chi connectivity index (χ1n) is 9.72. The average Bonchev–Trinajstić information content (AvgIpc) is 2.66. The van der Waals surface area contributed by atoms with Crippen LogP contribution in [0.25, 0.3) is 0 Å². The van der Waals surface area contributed by atoms with Gasteiger partial charge in [-0.05, 0) is 25.7 Å². The molecule has 0 fully saturated rings. The highest BCUT2D eigenvalue weighted by atomic mass is 16.4. The lowest BCUT2D eigenvalue weighted by atomic mass is 10.0. The van der Waals surface area contributed by atoms with Crippen LogP contribution in [0.4, 0.5) is 0 Å². The zero-order valence-corrected chi connectivity index (χ0v) is 17.8. The molecule has 0 radical (unpaired) electrons. The van der Waals surface area contributed by atoms with E-state index in [4.69, 9.17) is 17.2 Å². The van der Waals surface area contributed by atoms with Crippen LogP contribution in [0, 0.1) is 5.92 Å². The molecule has 0 aromatic heterocycles. The number of carbonyl (C=O) groups excluding carboxylic acids is 5. The maximum absolute atomic E-state index is 12.5. The van der Waals surface area contributed by atoms with E-state index in [1.807, 2.05) is 0 Å². The molecular formula is C18H32N6O7. The van der Waals surface area contributed by atoms with E-state index in [0.29, 0.717) is 0 Å². The minimum atomic E-state index is -1.44. The van der Waals surface area contributed by atoms with Crippen molar-refractivity contribution >= 4 is 35.5 Å². The normalized spacial score (nSPS) is 14.6. The summed E-state index contributed by atoms with van der Waals surface area (Å²) < 4.78 is 0. The minimum absolute atomic E-state index is 0.169. The van der Waals surface area contributed by atoms with E-state index in [9.17, 15) is 33.9 Å². The maximum Gasteiger partial charge on any atom is 0.326 e. The first-order chi connectivity index (χ1) is 14.3. The van der Waals surface area contributed by atoms with Crippen molar-refractivity contribution in [1.29, 1.82) is 0 Å². The smallest absolute Gasteiger partial charge is 0.326 e. The van der Waals surface area contributed by atoms with Crippen molar-refractivity contribution < 1.29 is 33.9 Å². The van der Waals surface area contributed by atoms with Gasteiger partial charge in [0.05, 0.1) is 6.04 Å². The molecular weight excluding hydrogens is 412 g/mol. The number of carbonyl (C=O) groups is 6. The molecule has 0 spiro atoms. The van der Waals surface area contributed by atoms with Crippen LogP contribution in [0.15, 0.2) is 0 Å². The molecule has 0 heterocycles. The standard InChI is InChI=1S/C18H32N6O7/c1-8(2)14(21)17(29)22-9(3)15(27)23-10(4-6-12(19)25)16(28)24-11(18(30)31)5-7-13(20)26/h8-11,14H,4-7,21H2,1-3H3,(H2,19,25)(H2,20,26)(H,22,29)(H,23,27)(H,24,28)(H,30,31). The number of hydrogen-bond acceptors (Lipinski definition) is 7. The molecule has 13 heteroatoms. The quantitative estimate of drug-likeness (QED) is 0.146. The van der Waals surface area contributed by atoms with E-state index in [0.717, 1.165) is 0 Å². The summed E-state index contributed by atoms with van der Waals surface area (Å²) >= 11 is 0. The third-order valence-corrected chi connectivity index (χ3v) is 4.38. The second kappa shape index (κ2) is 13.2. The largest absolute Gasteiger partial charge is 0.480 e. The van der Waals surface area contributed by atoms with Crippen LogP contribution in [-0.4, -0.2) is 64.8 Å². The zero-order valence-electron chi connectivity index (χ0n) is 17.8. The van der Waals surface area contributed by atoms with E-state index in [1.165, 1.54) is 6.92 Å². The van der Waals surface area contributed by atoms with Gasteiger partial charge in [0.15, 0.2) is 0 Å². The van der Waals surface area contributed by atoms with Crippen LogP contribution in [-0.2, 0) is 28.8 Å². The fourth-order valence-electron chi connectivity index (χ4n) is 2.35. The highest BCUT2D eigenvalue weighted by Crippen LogP contribution is 2.04. The molecule has 10 N–H and O–H groups in total. The van der Waals surface area contributed by atoms with Crippen LogP contribution < -0.4 is 33.2 Å².